The number of carbonyl (C=O) groups is 1. The monoisotopic (exact) mass is 301 g/mol. The number of benzene rings is 1. The van der Waals surface area contributed by atoms with Crippen molar-refractivity contribution in [3.05, 3.63) is 30.1 Å². The van der Waals surface area contributed by atoms with Crippen molar-refractivity contribution in [1.29, 1.82) is 0 Å². The Labute approximate surface area is 124 Å². The number of likely N-dealkylation sites (tertiary alicyclic amines) is 1. The first kappa shape index (κ1) is 16.9. The largest absolute Gasteiger partial charge is 0.327 e. The molecule has 1 fully saturated rings. The van der Waals surface area contributed by atoms with Crippen LogP contribution >= 0.6 is 12.4 Å². The van der Waals surface area contributed by atoms with Crippen LogP contribution in [-0.2, 0) is 4.79 Å². The molecule has 112 valence electrons. The summed E-state index contributed by atoms with van der Waals surface area (Å²) in [6, 6.07) is 6.40. The number of rotatable bonds is 4. The summed E-state index contributed by atoms with van der Waals surface area (Å²) in [5.41, 5.74) is 6.12. The molecule has 0 bridgehead atoms. The number of piperidine rings is 1. The average Bonchev–Trinajstić information content (AvgIpc) is 2.39. The second-order valence-electron chi connectivity index (χ2n) is 4.98. The average molecular weight is 302 g/mol. The van der Waals surface area contributed by atoms with Gasteiger partial charge in [-0.05, 0) is 31.5 Å². The molecule has 1 aliphatic heterocycles. The predicted octanol–water partition coefficient (Wildman–Crippen LogP) is 2.00. The van der Waals surface area contributed by atoms with Crippen LogP contribution in [-0.4, -0.2) is 36.5 Å². The predicted molar refractivity (Wildman–Crippen MR) is 80.5 cm³/mol. The second-order valence-corrected chi connectivity index (χ2v) is 4.98. The van der Waals surface area contributed by atoms with Crippen molar-refractivity contribution in [1.82, 2.24) is 4.90 Å². The lowest BCUT2D eigenvalue weighted by Gasteiger charge is -2.30. The van der Waals surface area contributed by atoms with Crippen LogP contribution in [0.1, 0.15) is 19.3 Å². The minimum Gasteiger partial charge on any atom is -0.327 e. The lowest BCUT2D eigenvalue weighted by Crippen LogP contribution is -2.43. The molecule has 1 aromatic rings. The summed E-state index contributed by atoms with van der Waals surface area (Å²) in [5.74, 6) is -0.569. The third kappa shape index (κ3) is 5.07. The first-order chi connectivity index (χ1) is 9.15. The van der Waals surface area contributed by atoms with Crippen LogP contribution in [0.5, 0.6) is 0 Å². The molecule has 20 heavy (non-hydrogen) atoms. The van der Waals surface area contributed by atoms with Crippen molar-refractivity contribution in [2.24, 2.45) is 5.73 Å². The van der Waals surface area contributed by atoms with Crippen molar-refractivity contribution in [3.63, 3.8) is 0 Å². The minimum absolute atomic E-state index is 0. The summed E-state index contributed by atoms with van der Waals surface area (Å²) >= 11 is 0. The molecule has 4 nitrogen and oxygen atoms in total. The van der Waals surface area contributed by atoms with Crippen LogP contribution in [0.2, 0.25) is 0 Å². The van der Waals surface area contributed by atoms with Crippen LogP contribution in [0.4, 0.5) is 10.1 Å². The number of hydrogen-bond acceptors (Lipinski definition) is 3. The molecule has 0 radical (unpaired) electrons. The smallest absolute Gasteiger partial charge is 0.225 e. The van der Waals surface area contributed by atoms with Gasteiger partial charge >= 0.3 is 0 Å². The number of hydrogen-bond donors (Lipinski definition) is 2. The number of amides is 1. The highest BCUT2D eigenvalue weighted by Crippen LogP contribution is 2.13. The Morgan fingerprint density at radius 2 is 2.20 bits per heavy atom. The maximum Gasteiger partial charge on any atom is 0.225 e. The van der Waals surface area contributed by atoms with Gasteiger partial charge in [-0.15, -0.1) is 12.4 Å². The number of nitrogens with zero attached hydrogens (tertiary/aromatic N) is 1. The fourth-order valence-corrected chi connectivity index (χ4v) is 2.33. The van der Waals surface area contributed by atoms with E-state index in [0.29, 0.717) is 13.0 Å². The minimum atomic E-state index is -0.407. The number of nitrogens with two attached hydrogens (primary N) is 1. The van der Waals surface area contributed by atoms with E-state index in [0.717, 1.165) is 25.9 Å². The standard InChI is InChI=1S/C14H20FN3O.ClH/c15-12-5-1-2-6-13(12)17-14(19)7-9-18-8-3-4-11(16)10-18;/h1-2,5-6,11H,3-4,7-10,16H2,(H,17,19);1H/t11-;/m1./s1. The zero-order valence-electron chi connectivity index (χ0n) is 11.3. The van der Waals surface area contributed by atoms with Crippen LogP contribution in [0.3, 0.4) is 0 Å². The lowest BCUT2D eigenvalue weighted by atomic mass is 10.1. The number of para-hydroxylation sites is 1. The van der Waals surface area contributed by atoms with Gasteiger partial charge in [0.1, 0.15) is 5.82 Å². The zero-order valence-corrected chi connectivity index (χ0v) is 12.2. The highest BCUT2D eigenvalue weighted by Gasteiger charge is 2.17. The molecule has 1 saturated heterocycles. The first-order valence-corrected chi connectivity index (χ1v) is 6.67. The Bertz CT molecular complexity index is 444. The molecule has 1 atom stereocenters. The van der Waals surface area contributed by atoms with Gasteiger partial charge in [-0.1, -0.05) is 12.1 Å². The van der Waals surface area contributed by atoms with E-state index in [1.807, 2.05) is 0 Å². The Morgan fingerprint density at radius 3 is 2.90 bits per heavy atom. The molecule has 0 aliphatic carbocycles. The molecule has 0 saturated carbocycles. The molecule has 1 aromatic carbocycles. The van der Waals surface area contributed by atoms with Gasteiger partial charge in [0.2, 0.25) is 5.91 Å². The molecular formula is C14H21ClFN3O. The van der Waals surface area contributed by atoms with E-state index in [-0.39, 0.29) is 30.0 Å². The highest BCUT2D eigenvalue weighted by atomic mass is 35.5. The molecule has 1 heterocycles. The third-order valence-corrected chi connectivity index (χ3v) is 3.35. The highest BCUT2D eigenvalue weighted by molar-refractivity contribution is 5.90. The van der Waals surface area contributed by atoms with Crippen LogP contribution in [0.15, 0.2) is 24.3 Å². The van der Waals surface area contributed by atoms with Gasteiger partial charge in [-0.25, -0.2) is 4.39 Å². The van der Waals surface area contributed by atoms with E-state index >= 15 is 0 Å². The molecule has 3 N–H and O–H groups in total. The van der Waals surface area contributed by atoms with E-state index in [2.05, 4.69) is 10.2 Å². The first-order valence-electron chi connectivity index (χ1n) is 6.67. The SMILES string of the molecule is Cl.N[C@@H]1CCCN(CCC(=O)Nc2ccccc2F)C1. The van der Waals surface area contributed by atoms with E-state index in [9.17, 15) is 9.18 Å². The van der Waals surface area contributed by atoms with Crippen molar-refractivity contribution in [2.45, 2.75) is 25.3 Å². The summed E-state index contributed by atoms with van der Waals surface area (Å²) in [7, 11) is 0. The topological polar surface area (TPSA) is 58.4 Å². The van der Waals surface area contributed by atoms with Gasteiger partial charge in [0, 0.05) is 25.6 Å². The van der Waals surface area contributed by atoms with E-state index in [1.165, 1.54) is 6.07 Å². The molecule has 1 amide bonds. The number of halogens is 2. The van der Waals surface area contributed by atoms with Crippen LogP contribution < -0.4 is 11.1 Å². The van der Waals surface area contributed by atoms with Gasteiger partial charge in [-0.3, -0.25) is 4.79 Å². The number of carbonyl (C=O) groups excluding carboxylic acids is 1. The van der Waals surface area contributed by atoms with Crippen LogP contribution in [0, 0.1) is 5.82 Å². The molecule has 0 unspecified atom stereocenters. The number of nitrogens with one attached hydrogen (secondary N) is 1. The molecule has 0 spiro atoms. The Balaban J connectivity index is 0.00000200. The number of anilines is 1. The van der Waals surface area contributed by atoms with Crippen molar-refractivity contribution in [3.8, 4) is 0 Å². The van der Waals surface area contributed by atoms with E-state index < -0.39 is 5.82 Å². The molecular weight excluding hydrogens is 281 g/mol. The van der Waals surface area contributed by atoms with Gasteiger partial charge in [0.15, 0.2) is 0 Å². The van der Waals surface area contributed by atoms with Crippen molar-refractivity contribution >= 4 is 24.0 Å². The second kappa shape index (κ2) is 8.19. The summed E-state index contributed by atoms with van der Waals surface area (Å²) in [5, 5.41) is 2.59. The maximum atomic E-state index is 13.4. The molecule has 0 aromatic heterocycles. The quantitative estimate of drug-likeness (QED) is 0.894. The molecule has 2 rings (SSSR count). The summed E-state index contributed by atoms with van der Waals surface area (Å²) in [6.45, 7) is 2.50. The van der Waals surface area contributed by atoms with Crippen molar-refractivity contribution in [2.75, 3.05) is 25.0 Å². The fourth-order valence-electron chi connectivity index (χ4n) is 2.33. The lowest BCUT2D eigenvalue weighted by molar-refractivity contribution is -0.116. The van der Waals surface area contributed by atoms with Crippen LogP contribution in [0.25, 0.3) is 0 Å². The maximum absolute atomic E-state index is 13.4. The van der Waals surface area contributed by atoms with E-state index in [4.69, 9.17) is 5.73 Å². The molecule has 1 aliphatic rings. The summed E-state index contributed by atoms with van der Waals surface area (Å²) in [4.78, 5) is 13.9. The third-order valence-electron chi connectivity index (χ3n) is 3.35. The normalized spacial score (nSPS) is 19.2. The van der Waals surface area contributed by atoms with Gasteiger partial charge < -0.3 is 16.0 Å². The Kier molecular flexibility index (Phi) is 6.91. The van der Waals surface area contributed by atoms with Gasteiger partial charge in [0.25, 0.3) is 0 Å². The van der Waals surface area contributed by atoms with E-state index in [1.54, 1.807) is 18.2 Å². The zero-order chi connectivity index (χ0) is 13.7. The summed E-state index contributed by atoms with van der Waals surface area (Å²) in [6.07, 6.45) is 2.50. The van der Waals surface area contributed by atoms with Gasteiger partial charge in [0.05, 0.1) is 5.69 Å². The Morgan fingerprint density at radius 1 is 1.45 bits per heavy atom. The van der Waals surface area contributed by atoms with Gasteiger partial charge in [-0.2, -0.15) is 0 Å². The summed E-state index contributed by atoms with van der Waals surface area (Å²) < 4.78 is 13.4. The Hall–Kier alpha value is -1.17. The fraction of sp³-hybridized carbons (Fsp3) is 0.500. The molecule has 6 heteroatoms. The van der Waals surface area contributed by atoms with Crippen molar-refractivity contribution < 1.29 is 9.18 Å².